The number of aryl methyl sites for hydroxylation is 1. The lowest BCUT2D eigenvalue weighted by Gasteiger charge is -2.22. The van der Waals surface area contributed by atoms with Gasteiger partial charge in [-0.1, -0.05) is 39.0 Å². The summed E-state index contributed by atoms with van der Waals surface area (Å²) in [5.74, 6) is 1.64. The Morgan fingerprint density at radius 2 is 1.90 bits per heavy atom. The lowest BCUT2D eigenvalue weighted by atomic mass is 9.96. The summed E-state index contributed by atoms with van der Waals surface area (Å²) in [6.45, 7) is 8.96. The van der Waals surface area contributed by atoms with Crippen molar-refractivity contribution >= 4 is 0 Å². The summed E-state index contributed by atoms with van der Waals surface area (Å²) in [6.07, 6.45) is 2.18. The number of hydrogen-bond acceptors (Lipinski definition) is 3. The van der Waals surface area contributed by atoms with Gasteiger partial charge in [-0.15, -0.1) is 0 Å². The molecule has 0 bridgehead atoms. The summed E-state index contributed by atoms with van der Waals surface area (Å²) in [5, 5.41) is 3.56. The fourth-order valence-electron chi connectivity index (χ4n) is 2.33. The van der Waals surface area contributed by atoms with Crippen LogP contribution in [0.5, 0.6) is 5.75 Å². The van der Waals surface area contributed by atoms with E-state index in [0.717, 1.165) is 25.1 Å². The van der Waals surface area contributed by atoms with Crippen molar-refractivity contribution in [2.24, 2.45) is 5.92 Å². The van der Waals surface area contributed by atoms with Crippen LogP contribution in [0, 0.1) is 5.92 Å². The lowest BCUT2D eigenvalue weighted by molar-refractivity contribution is 0.145. The van der Waals surface area contributed by atoms with Gasteiger partial charge in [0, 0.05) is 13.2 Å². The van der Waals surface area contributed by atoms with Gasteiger partial charge in [0.1, 0.15) is 12.4 Å². The first-order valence-corrected chi connectivity index (χ1v) is 7.62. The molecular weight excluding hydrogens is 250 g/mol. The van der Waals surface area contributed by atoms with E-state index in [1.54, 1.807) is 7.11 Å². The summed E-state index contributed by atoms with van der Waals surface area (Å²) >= 11 is 0. The van der Waals surface area contributed by atoms with Crippen molar-refractivity contribution in [3.63, 3.8) is 0 Å². The van der Waals surface area contributed by atoms with Gasteiger partial charge in [0.05, 0.1) is 6.61 Å². The average Bonchev–Trinajstić information content (AvgIpc) is 2.44. The van der Waals surface area contributed by atoms with Crippen molar-refractivity contribution in [3.8, 4) is 5.75 Å². The zero-order valence-corrected chi connectivity index (χ0v) is 13.3. The summed E-state index contributed by atoms with van der Waals surface area (Å²) in [6, 6.07) is 8.87. The van der Waals surface area contributed by atoms with Crippen LogP contribution in [0.2, 0.25) is 0 Å². The molecule has 0 fully saturated rings. The smallest absolute Gasteiger partial charge is 0.122 e. The summed E-state index contributed by atoms with van der Waals surface area (Å²) < 4.78 is 10.8. The number of para-hydroxylation sites is 1. The van der Waals surface area contributed by atoms with Crippen LogP contribution < -0.4 is 10.1 Å². The first-order chi connectivity index (χ1) is 9.69. The van der Waals surface area contributed by atoms with Crippen LogP contribution in [-0.4, -0.2) is 32.9 Å². The Morgan fingerprint density at radius 3 is 2.55 bits per heavy atom. The normalized spacial score (nSPS) is 12.7. The second-order valence-corrected chi connectivity index (χ2v) is 5.40. The van der Waals surface area contributed by atoms with Gasteiger partial charge in [-0.2, -0.15) is 0 Å². The molecule has 0 radical (unpaired) electrons. The topological polar surface area (TPSA) is 30.5 Å². The molecule has 0 saturated heterocycles. The molecule has 0 amide bonds. The van der Waals surface area contributed by atoms with Gasteiger partial charge in [0.15, 0.2) is 0 Å². The summed E-state index contributed by atoms with van der Waals surface area (Å²) in [5.41, 5.74) is 1.28. The quantitative estimate of drug-likeness (QED) is 0.667. The second-order valence-electron chi connectivity index (χ2n) is 5.40. The van der Waals surface area contributed by atoms with Crippen molar-refractivity contribution in [2.75, 3.05) is 26.9 Å². The zero-order valence-electron chi connectivity index (χ0n) is 13.3. The van der Waals surface area contributed by atoms with Crippen LogP contribution in [0.25, 0.3) is 0 Å². The highest BCUT2D eigenvalue weighted by molar-refractivity contribution is 5.33. The van der Waals surface area contributed by atoms with E-state index >= 15 is 0 Å². The van der Waals surface area contributed by atoms with E-state index in [4.69, 9.17) is 9.47 Å². The van der Waals surface area contributed by atoms with Crippen molar-refractivity contribution in [2.45, 2.75) is 39.7 Å². The maximum absolute atomic E-state index is 5.78. The molecule has 0 saturated carbocycles. The molecule has 1 atom stereocenters. The minimum absolute atomic E-state index is 0.562. The van der Waals surface area contributed by atoms with Crippen molar-refractivity contribution in [1.82, 2.24) is 5.32 Å². The molecule has 1 aromatic carbocycles. The molecule has 1 rings (SSSR count). The van der Waals surface area contributed by atoms with E-state index in [1.165, 1.54) is 5.56 Å². The minimum atomic E-state index is 0.562. The van der Waals surface area contributed by atoms with Gasteiger partial charge >= 0.3 is 0 Å². The van der Waals surface area contributed by atoms with Gasteiger partial charge in [0.2, 0.25) is 0 Å². The third-order valence-corrected chi connectivity index (χ3v) is 3.51. The van der Waals surface area contributed by atoms with Crippen molar-refractivity contribution in [1.29, 1.82) is 0 Å². The lowest BCUT2D eigenvalue weighted by Crippen LogP contribution is -2.34. The molecule has 0 aliphatic carbocycles. The molecule has 3 heteroatoms. The molecule has 0 aliphatic heterocycles. The molecule has 1 aromatic rings. The van der Waals surface area contributed by atoms with Gasteiger partial charge in [0.25, 0.3) is 0 Å². The summed E-state index contributed by atoms with van der Waals surface area (Å²) in [4.78, 5) is 0. The highest BCUT2D eigenvalue weighted by Gasteiger charge is 2.13. The summed E-state index contributed by atoms with van der Waals surface area (Å²) in [7, 11) is 1.69. The van der Waals surface area contributed by atoms with Crippen LogP contribution in [0.3, 0.4) is 0 Å². The highest BCUT2D eigenvalue weighted by Crippen LogP contribution is 2.21. The van der Waals surface area contributed by atoms with E-state index in [2.05, 4.69) is 38.2 Å². The van der Waals surface area contributed by atoms with Crippen LogP contribution in [0.4, 0.5) is 0 Å². The molecule has 0 spiro atoms. The molecule has 1 unspecified atom stereocenters. The number of methoxy groups -OCH3 is 1. The fraction of sp³-hybridized carbons (Fsp3) is 0.647. The van der Waals surface area contributed by atoms with Crippen LogP contribution in [-0.2, 0) is 11.2 Å². The standard InChI is InChI=1S/C17H29NO2/c1-5-18-16(14(2)3)11-10-15-8-6-7-9-17(15)20-13-12-19-4/h6-9,14,16,18H,5,10-13H2,1-4H3. The third kappa shape index (κ3) is 5.93. The Morgan fingerprint density at radius 1 is 1.15 bits per heavy atom. The predicted molar refractivity (Wildman–Crippen MR) is 84.4 cm³/mol. The zero-order chi connectivity index (χ0) is 14.8. The van der Waals surface area contributed by atoms with Gasteiger partial charge in [-0.3, -0.25) is 0 Å². The van der Waals surface area contributed by atoms with E-state index in [9.17, 15) is 0 Å². The van der Waals surface area contributed by atoms with E-state index in [-0.39, 0.29) is 0 Å². The Balaban J connectivity index is 2.57. The number of nitrogens with one attached hydrogen (secondary N) is 1. The molecular formula is C17H29NO2. The number of benzene rings is 1. The molecule has 114 valence electrons. The van der Waals surface area contributed by atoms with Crippen LogP contribution in [0.1, 0.15) is 32.8 Å². The Kier molecular flexibility index (Phi) is 8.31. The Hall–Kier alpha value is -1.06. The maximum Gasteiger partial charge on any atom is 0.122 e. The largest absolute Gasteiger partial charge is 0.491 e. The van der Waals surface area contributed by atoms with E-state index < -0.39 is 0 Å². The monoisotopic (exact) mass is 279 g/mol. The molecule has 0 aromatic heterocycles. The predicted octanol–water partition coefficient (Wildman–Crippen LogP) is 3.28. The van der Waals surface area contributed by atoms with Crippen LogP contribution in [0.15, 0.2) is 24.3 Å². The first kappa shape index (κ1) is 17.0. The Labute approximate surface area is 123 Å². The fourth-order valence-corrected chi connectivity index (χ4v) is 2.33. The maximum atomic E-state index is 5.78. The number of rotatable bonds is 10. The van der Waals surface area contributed by atoms with Crippen LogP contribution >= 0.6 is 0 Å². The Bertz CT molecular complexity index is 366. The number of hydrogen-bond donors (Lipinski definition) is 1. The highest BCUT2D eigenvalue weighted by atomic mass is 16.5. The van der Waals surface area contributed by atoms with Crippen molar-refractivity contribution < 1.29 is 9.47 Å². The first-order valence-electron chi connectivity index (χ1n) is 7.62. The molecule has 1 N–H and O–H groups in total. The van der Waals surface area contributed by atoms with Gasteiger partial charge < -0.3 is 14.8 Å². The second kappa shape index (κ2) is 9.78. The third-order valence-electron chi connectivity index (χ3n) is 3.51. The minimum Gasteiger partial charge on any atom is -0.491 e. The molecule has 0 heterocycles. The van der Waals surface area contributed by atoms with E-state index in [1.807, 2.05) is 12.1 Å². The molecule has 3 nitrogen and oxygen atoms in total. The molecule has 20 heavy (non-hydrogen) atoms. The number of ether oxygens (including phenoxy) is 2. The van der Waals surface area contributed by atoms with E-state index in [0.29, 0.717) is 25.2 Å². The van der Waals surface area contributed by atoms with Gasteiger partial charge in [-0.25, -0.2) is 0 Å². The van der Waals surface area contributed by atoms with Crippen molar-refractivity contribution in [3.05, 3.63) is 29.8 Å². The SMILES string of the molecule is CCNC(CCc1ccccc1OCCOC)C(C)C. The molecule has 0 aliphatic rings. The average molecular weight is 279 g/mol. The van der Waals surface area contributed by atoms with Gasteiger partial charge in [-0.05, 0) is 36.9 Å².